The Morgan fingerprint density at radius 1 is 1.00 bits per heavy atom. The van der Waals surface area contributed by atoms with Gasteiger partial charge in [0.15, 0.2) is 11.5 Å². The number of aliphatic imine (C=N–C) groups is 1. The van der Waals surface area contributed by atoms with Crippen LogP contribution in [0.1, 0.15) is 5.56 Å². The summed E-state index contributed by atoms with van der Waals surface area (Å²) < 4.78 is 27.0. The van der Waals surface area contributed by atoms with Gasteiger partial charge in [0.25, 0.3) is 5.91 Å². The van der Waals surface area contributed by atoms with Gasteiger partial charge in [0.1, 0.15) is 18.1 Å². The van der Waals surface area contributed by atoms with Gasteiger partial charge in [-0.15, -0.1) is 0 Å². The monoisotopic (exact) mass is 454 g/mol. The molecule has 2 aromatic rings. The molecule has 0 radical (unpaired) electrons. The number of nitrogens with zero attached hydrogens (tertiary/aromatic N) is 1. The molecule has 10 nitrogen and oxygen atoms in total. The van der Waals surface area contributed by atoms with Gasteiger partial charge in [0, 0.05) is 12.2 Å². The average molecular weight is 454 g/mol. The SMILES string of the molecule is NCCOCCOCCOc1ccc(NC2=N/C(=C\c3ccc4c(c3)OCO4)C(=O)N2)cc1. The molecule has 0 fully saturated rings. The lowest BCUT2D eigenvalue weighted by atomic mass is 10.1. The van der Waals surface area contributed by atoms with Crippen LogP contribution in [0.25, 0.3) is 6.08 Å². The number of rotatable bonds is 11. The topological polar surface area (TPSA) is 126 Å². The van der Waals surface area contributed by atoms with Crippen LogP contribution in [-0.2, 0) is 14.3 Å². The molecule has 0 aliphatic carbocycles. The summed E-state index contributed by atoms with van der Waals surface area (Å²) in [5, 5.41) is 5.80. The number of amides is 1. The summed E-state index contributed by atoms with van der Waals surface area (Å²) in [6.45, 7) is 3.16. The van der Waals surface area contributed by atoms with Crippen LogP contribution in [-0.4, -0.2) is 58.2 Å². The molecular formula is C23H26N4O6. The van der Waals surface area contributed by atoms with Gasteiger partial charge in [-0.3, -0.25) is 10.1 Å². The summed E-state index contributed by atoms with van der Waals surface area (Å²) in [4.78, 5) is 16.6. The van der Waals surface area contributed by atoms with E-state index < -0.39 is 0 Å². The smallest absolute Gasteiger partial charge is 0.276 e. The van der Waals surface area contributed by atoms with Crippen LogP contribution in [0, 0.1) is 0 Å². The van der Waals surface area contributed by atoms with E-state index in [4.69, 9.17) is 29.4 Å². The molecule has 0 spiro atoms. The minimum absolute atomic E-state index is 0.199. The number of benzene rings is 2. The Bertz CT molecular complexity index is 1020. The zero-order chi connectivity index (χ0) is 22.9. The fourth-order valence-electron chi connectivity index (χ4n) is 3.08. The van der Waals surface area contributed by atoms with E-state index in [2.05, 4.69) is 15.6 Å². The van der Waals surface area contributed by atoms with Crippen molar-refractivity contribution in [1.82, 2.24) is 5.32 Å². The second-order valence-electron chi connectivity index (χ2n) is 7.07. The number of guanidine groups is 1. The molecule has 1 amide bonds. The molecule has 4 rings (SSSR count). The van der Waals surface area contributed by atoms with Crippen molar-refractivity contribution in [2.24, 2.45) is 10.7 Å². The molecular weight excluding hydrogens is 428 g/mol. The first-order valence-corrected chi connectivity index (χ1v) is 10.6. The van der Waals surface area contributed by atoms with Gasteiger partial charge in [-0.05, 0) is 48.0 Å². The first kappa shape index (κ1) is 22.6. The molecule has 0 atom stereocenters. The predicted molar refractivity (Wildman–Crippen MR) is 122 cm³/mol. The van der Waals surface area contributed by atoms with Gasteiger partial charge in [-0.1, -0.05) is 6.07 Å². The normalized spacial score (nSPS) is 15.5. The summed E-state index contributed by atoms with van der Waals surface area (Å²) in [6.07, 6.45) is 1.69. The van der Waals surface area contributed by atoms with Crippen molar-refractivity contribution in [3.05, 3.63) is 53.7 Å². The minimum atomic E-state index is -0.288. The van der Waals surface area contributed by atoms with E-state index in [0.717, 1.165) is 11.3 Å². The minimum Gasteiger partial charge on any atom is -0.491 e. The number of ether oxygens (including phenoxy) is 5. The van der Waals surface area contributed by atoms with E-state index in [1.54, 1.807) is 12.1 Å². The molecule has 0 unspecified atom stereocenters. The van der Waals surface area contributed by atoms with Crippen molar-refractivity contribution < 1.29 is 28.5 Å². The first-order valence-electron chi connectivity index (χ1n) is 10.6. The summed E-state index contributed by atoms with van der Waals surface area (Å²) in [7, 11) is 0. The molecule has 0 saturated heterocycles. The number of carbonyl (C=O) groups is 1. The van der Waals surface area contributed by atoms with Crippen molar-refractivity contribution in [1.29, 1.82) is 0 Å². The maximum absolute atomic E-state index is 12.3. The van der Waals surface area contributed by atoms with E-state index in [-0.39, 0.29) is 12.7 Å². The van der Waals surface area contributed by atoms with E-state index >= 15 is 0 Å². The summed E-state index contributed by atoms with van der Waals surface area (Å²) >= 11 is 0. The summed E-state index contributed by atoms with van der Waals surface area (Å²) in [6, 6.07) is 12.8. The Labute approximate surface area is 191 Å². The van der Waals surface area contributed by atoms with Crippen LogP contribution in [0.5, 0.6) is 17.2 Å². The Morgan fingerprint density at radius 2 is 1.76 bits per heavy atom. The van der Waals surface area contributed by atoms with Crippen LogP contribution in [0.3, 0.4) is 0 Å². The fraction of sp³-hybridized carbons (Fsp3) is 0.304. The van der Waals surface area contributed by atoms with Gasteiger partial charge in [-0.25, -0.2) is 4.99 Å². The molecule has 2 aliphatic heterocycles. The number of nitrogens with two attached hydrogens (primary N) is 1. The van der Waals surface area contributed by atoms with Gasteiger partial charge >= 0.3 is 0 Å². The van der Waals surface area contributed by atoms with E-state index in [9.17, 15) is 4.79 Å². The molecule has 0 bridgehead atoms. The summed E-state index contributed by atoms with van der Waals surface area (Å²) in [5.41, 5.74) is 7.20. The molecule has 4 N–H and O–H groups in total. The molecule has 0 aromatic heterocycles. The third kappa shape index (κ3) is 6.45. The highest BCUT2D eigenvalue weighted by molar-refractivity contribution is 6.17. The summed E-state index contributed by atoms with van der Waals surface area (Å²) in [5.74, 6) is 2.11. The highest BCUT2D eigenvalue weighted by Crippen LogP contribution is 2.33. The van der Waals surface area contributed by atoms with Gasteiger partial charge in [-0.2, -0.15) is 0 Å². The second kappa shape index (κ2) is 11.3. The lowest BCUT2D eigenvalue weighted by molar-refractivity contribution is -0.115. The Hall–Kier alpha value is -3.60. The Kier molecular flexibility index (Phi) is 7.75. The molecule has 174 valence electrons. The predicted octanol–water partition coefficient (Wildman–Crippen LogP) is 1.72. The molecule has 10 heteroatoms. The van der Waals surface area contributed by atoms with Crippen LogP contribution in [0.4, 0.5) is 5.69 Å². The maximum atomic E-state index is 12.3. The Morgan fingerprint density at radius 3 is 2.58 bits per heavy atom. The average Bonchev–Trinajstić information content (AvgIpc) is 3.42. The maximum Gasteiger partial charge on any atom is 0.276 e. The number of anilines is 1. The van der Waals surface area contributed by atoms with Crippen molar-refractivity contribution in [2.45, 2.75) is 0 Å². The van der Waals surface area contributed by atoms with E-state index in [1.807, 2.05) is 36.4 Å². The van der Waals surface area contributed by atoms with Crippen molar-refractivity contribution >= 4 is 23.6 Å². The standard InChI is InChI=1S/C23H26N4O6/c24-7-8-29-9-10-30-11-12-31-18-4-2-17(3-5-18)25-23-26-19(22(28)27-23)13-16-1-6-20-21(14-16)33-15-32-20/h1-6,13-14H,7-12,15,24H2,(H2,25,26,27,28)/b19-13-. The zero-order valence-corrected chi connectivity index (χ0v) is 18.0. The lowest BCUT2D eigenvalue weighted by Crippen LogP contribution is -2.29. The van der Waals surface area contributed by atoms with E-state index in [1.165, 1.54) is 0 Å². The van der Waals surface area contributed by atoms with Crippen LogP contribution in [0.15, 0.2) is 53.2 Å². The van der Waals surface area contributed by atoms with Gasteiger partial charge in [0.2, 0.25) is 12.8 Å². The second-order valence-corrected chi connectivity index (χ2v) is 7.07. The number of hydrogen-bond donors (Lipinski definition) is 3. The molecule has 33 heavy (non-hydrogen) atoms. The number of carbonyl (C=O) groups excluding carboxylic acids is 1. The van der Waals surface area contributed by atoms with Gasteiger partial charge < -0.3 is 34.7 Å². The molecule has 0 saturated carbocycles. The molecule has 2 aromatic carbocycles. The lowest BCUT2D eigenvalue weighted by Gasteiger charge is -2.09. The van der Waals surface area contributed by atoms with E-state index in [0.29, 0.717) is 68.5 Å². The highest BCUT2D eigenvalue weighted by Gasteiger charge is 2.21. The third-order valence-corrected chi connectivity index (χ3v) is 4.64. The molecule has 2 heterocycles. The van der Waals surface area contributed by atoms with Crippen LogP contribution in [0.2, 0.25) is 0 Å². The number of fused-ring (bicyclic) bond motifs is 1. The third-order valence-electron chi connectivity index (χ3n) is 4.64. The fourth-order valence-corrected chi connectivity index (χ4v) is 3.08. The van der Waals surface area contributed by atoms with Crippen molar-refractivity contribution in [2.75, 3.05) is 51.7 Å². The quantitative estimate of drug-likeness (QED) is 0.346. The number of hydrogen-bond acceptors (Lipinski definition) is 9. The highest BCUT2D eigenvalue weighted by atomic mass is 16.7. The zero-order valence-electron chi connectivity index (χ0n) is 18.0. The Balaban J connectivity index is 1.24. The molecule has 2 aliphatic rings. The van der Waals surface area contributed by atoms with Crippen LogP contribution >= 0.6 is 0 Å². The number of nitrogens with one attached hydrogen (secondary N) is 2. The van der Waals surface area contributed by atoms with Crippen LogP contribution < -0.4 is 30.6 Å². The van der Waals surface area contributed by atoms with Gasteiger partial charge in [0.05, 0.1) is 26.4 Å². The van der Waals surface area contributed by atoms with Crippen molar-refractivity contribution in [3.8, 4) is 17.2 Å². The largest absolute Gasteiger partial charge is 0.491 e. The van der Waals surface area contributed by atoms with Crippen molar-refractivity contribution in [3.63, 3.8) is 0 Å². The first-order chi connectivity index (χ1) is 16.2.